The van der Waals surface area contributed by atoms with Crippen LogP contribution in [0.3, 0.4) is 0 Å². The minimum atomic E-state index is -4.03. The van der Waals surface area contributed by atoms with Crippen molar-refractivity contribution >= 4 is 55.4 Å². The van der Waals surface area contributed by atoms with Crippen LogP contribution in [0.15, 0.2) is 87.3 Å². The van der Waals surface area contributed by atoms with Gasteiger partial charge in [-0.15, -0.1) is 0 Å². The Morgan fingerprint density at radius 3 is 2.39 bits per heavy atom. The first-order valence-corrected chi connectivity index (χ1v) is 11.5. The molecule has 0 fully saturated rings. The van der Waals surface area contributed by atoms with E-state index in [1.54, 1.807) is 42.5 Å². The number of anilines is 1. The van der Waals surface area contributed by atoms with Crippen molar-refractivity contribution in [2.45, 2.75) is 4.90 Å². The van der Waals surface area contributed by atoms with Gasteiger partial charge in [-0.1, -0.05) is 51.8 Å². The van der Waals surface area contributed by atoms with E-state index in [9.17, 15) is 17.6 Å². The molecule has 1 amide bonds. The van der Waals surface area contributed by atoms with Crippen molar-refractivity contribution in [2.75, 3.05) is 10.8 Å². The van der Waals surface area contributed by atoms with Crippen molar-refractivity contribution in [3.63, 3.8) is 0 Å². The van der Waals surface area contributed by atoms with Crippen LogP contribution < -0.4 is 9.73 Å². The fourth-order valence-electron chi connectivity index (χ4n) is 2.61. The average Bonchev–Trinajstić information content (AvgIpc) is 2.75. The molecule has 31 heavy (non-hydrogen) atoms. The van der Waals surface area contributed by atoms with Crippen LogP contribution >= 0.6 is 27.5 Å². The molecular weight excluding hydrogens is 509 g/mol. The van der Waals surface area contributed by atoms with Crippen LogP contribution in [-0.2, 0) is 14.8 Å². The maximum Gasteiger partial charge on any atom is 0.264 e. The standard InChI is InChI=1S/C21H16BrClFN3O3S/c22-15-9-11-16(12-10-15)27(31(29,30)17-5-2-1-3-6-17)14-21(28)26-25-13-18-19(23)7-4-8-20(18)24/h1-13H,14H2,(H,26,28)/b25-13-. The summed E-state index contributed by atoms with van der Waals surface area (Å²) in [5, 5.41) is 3.83. The van der Waals surface area contributed by atoms with E-state index in [2.05, 4.69) is 26.5 Å². The first-order valence-electron chi connectivity index (χ1n) is 8.88. The van der Waals surface area contributed by atoms with Crippen LogP contribution in [0.2, 0.25) is 5.02 Å². The summed E-state index contributed by atoms with van der Waals surface area (Å²) in [6, 6.07) is 18.4. The fraction of sp³-hybridized carbons (Fsp3) is 0.0476. The third-order valence-corrected chi connectivity index (χ3v) is 6.76. The zero-order valence-corrected chi connectivity index (χ0v) is 19.0. The molecule has 0 saturated carbocycles. The molecule has 10 heteroatoms. The van der Waals surface area contributed by atoms with Gasteiger partial charge in [0.1, 0.15) is 12.4 Å². The Labute approximate surface area is 192 Å². The number of benzene rings is 3. The topological polar surface area (TPSA) is 78.8 Å². The summed E-state index contributed by atoms with van der Waals surface area (Å²) in [7, 11) is -4.03. The predicted molar refractivity (Wildman–Crippen MR) is 122 cm³/mol. The molecule has 0 aliphatic heterocycles. The van der Waals surface area contributed by atoms with Gasteiger partial charge < -0.3 is 0 Å². The van der Waals surface area contributed by atoms with Gasteiger partial charge in [-0.2, -0.15) is 5.10 Å². The highest BCUT2D eigenvalue weighted by Gasteiger charge is 2.27. The van der Waals surface area contributed by atoms with Crippen LogP contribution in [0.25, 0.3) is 0 Å². The molecule has 1 N–H and O–H groups in total. The van der Waals surface area contributed by atoms with Gasteiger partial charge in [-0.05, 0) is 48.5 Å². The number of sulfonamides is 1. The van der Waals surface area contributed by atoms with Crippen molar-refractivity contribution < 1.29 is 17.6 Å². The van der Waals surface area contributed by atoms with E-state index in [1.807, 2.05) is 0 Å². The molecule has 0 aliphatic carbocycles. The van der Waals surface area contributed by atoms with Gasteiger partial charge in [0.2, 0.25) is 0 Å². The van der Waals surface area contributed by atoms with E-state index < -0.39 is 28.3 Å². The highest BCUT2D eigenvalue weighted by atomic mass is 79.9. The van der Waals surface area contributed by atoms with E-state index in [4.69, 9.17) is 11.6 Å². The van der Waals surface area contributed by atoms with Gasteiger partial charge in [0.05, 0.1) is 21.8 Å². The quantitative estimate of drug-likeness (QED) is 0.363. The Hall–Kier alpha value is -2.75. The number of halogens is 3. The molecule has 0 atom stereocenters. The molecule has 3 rings (SSSR count). The van der Waals surface area contributed by atoms with E-state index in [-0.39, 0.29) is 15.5 Å². The summed E-state index contributed by atoms with van der Waals surface area (Å²) >= 11 is 9.22. The van der Waals surface area contributed by atoms with Gasteiger partial charge in [0.25, 0.3) is 15.9 Å². The molecule has 160 valence electrons. The normalized spacial score (nSPS) is 11.5. The lowest BCUT2D eigenvalue weighted by molar-refractivity contribution is -0.119. The van der Waals surface area contributed by atoms with E-state index >= 15 is 0 Å². The lowest BCUT2D eigenvalue weighted by Gasteiger charge is -2.23. The van der Waals surface area contributed by atoms with Crippen LogP contribution in [0.4, 0.5) is 10.1 Å². The lowest BCUT2D eigenvalue weighted by Crippen LogP contribution is -2.39. The first-order chi connectivity index (χ1) is 14.8. The molecule has 6 nitrogen and oxygen atoms in total. The lowest BCUT2D eigenvalue weighted by atomic mass is 10.2. The van der Waals surface area contributed by atoms with Gasteiger partial charge in [0, 0.05) is 10.0 Å². The highest BCUT2D eigenvalue weighted by Crippen LogP contribution is 2.25. The number of hydrogen-bond acceptors (Lipinski definition) is 4. The molecule has 0 unspecified atom stereocenters. The van der Waals surface area contributed by atoms with Crippen LogP contribution in [0.1, 0.15) is 5.56 Å². The molecule has 0 aromatic heterocycles. The average molecular weight is 525 g/mol. The Morgan fingerprint density at radius 1 is 1.06 bits per heavy atom. The van der Waals surface area contributed by atoms with Crippen LogP contribution in [-0.4, -0.2) is 27.1 Å². The number of nitrogens with one attached hydrogen (secondary N) is 1. The SMILES string of the molecule is O=C(CN(c1ccc(Br)cc1)S(=O)(=O)c1ccccc1)N/N=C\c1c(F)cccc1Cl. The minimum Gasteiger partial charge on any atom is -0.271 e. The Bertz CT molecular complexity index is 1190. The minimum absolute atomic E-state index is 0.00568. The zero-order chi connectivity index (χ0) is 22.4. The monoisotopic (exact) mass is 523 g/mol. The van der Waals surface area contributed by atoms with E-state index in [0.29, 0.717) is 5.69 Å². The summed E-state index contributed by atoms with van der Waals surface area (Å²) in [6.07, 6.45) is 1.06. The Morgan fingerprint density at radius 2 is 1.74 bits per heavy atom. The summed E-state index contributed by atoms with van der Waals surface area (Å²) < 4.78 is 41.9. The number of rotatable bonds is 7. The molecule has 0 aliphatic rings. The highest BCUT2D eigenvalue weighted by molar-refractivity contribution is 9.10. The molecule has 0 bridgehead atoms. The Balaban J connectivity index is 1.84. The molecule has 3 aromatic rings. The number of carbonyl (C=O) groups excluding carboxylic acids is 1. The van der Waals surface area contributed by atoms with Gasteiger partial charge in [-0.25, -0.2) is 18.2 Å². The smallest absolute Gasteiger partial charge is 0.264 e. The molecule has 0 heterocycles. The molecule has 0 spiro atoms. The Kier molecular flexibility index (Phi) is 7.42. The largest absolute Gasteiger partial charge is 0.271 e. The van der Waals surface area contributed by atoms with Gasteiger partial charge >= 0.3 is 0 Å². The van der Waals surface area contributed by atoms with Crippen molar-refractivity contribution in [3.8, 4) is 0 Å². The van der Waals surface area contributed by atoms with Crippen molar-refractivity contribution in [2.24, 2.45) is 5.10 Å². The maximum absolute atomic E-state index is 13.8. The number of nitrogens with zero attached hydrogens (tertiary/aromatic N) is 2. The second-order valence-corrected chi connectivity index (χ2v) is 9.41. The van der Waals surface area contributed by atoms with E-state index in [0.717, 1.165) is 15.0 Å². The summed E-state index contributed by atoms with van der Waals surface area (Å²) in [6.45, 7) is -0.540. The molecule has 3 aromatic carbocycles. The van der Waals surface area contributed by atoms with E-state index in [1.165, 1.54) is 30.3 Å². The first kappa shape index (κ1) is 22.9. The number of hydrogen-bond donors (Lipinski definition) is 1. The zero-order valence-electron chi connectivity index (χ0n) is 15.9. The van der Waals surface area contributed by atoms with Gasteiger partial charge in [0.15, 0.2) is 0 Å². The van der Waals surface area contributed by atoms with Crippen molar-refractivity contribution in [1.29, 1.82) is 0 Å². The third kappa shape index (κ3) is 5.69. The van der Waals surface area contributed by atoms with Gasteiger partial charge in [-0.3, -0.25) is 9.10 Å². The molecule has 0 radical (unpaired) electrons. The second kappa shape index (κ2) is 10.0. The maximum atomic E-state index is 13.8. The van der Waals surface area contributed by atoms with Crippen LogP contribution in [0.5, 0.6) is 0 Å². The summed E-state index contributed by atoms with van der Waals surface area (Å²) in [5.74, 6) is -1.32. The number of hydrazone groups is 1. The summed E-state index contributed by atoms with van der Waals surface area (Å²) in [5.41, 5.74) is 2.51. The van der Waals surface area contributed by atoms with Crippen molar-refractivity contribution in [1.82, 2.24) is 5.43 Å². The molecular formula is C21H16BrClFN3O3S. The van der Waals surface area contributed by atoms with Crippen molar-refractivity contribution in [3.05, 3.63) is 93.7 Å². The van der Waals surface area contributed by atoms with Crippen LogP contribution in [0, 0.1) is 5.82 Å². The second-order valence-electron chi connectivity index (χ2n) is 6.23. The predicted octanol–water partition coefficient (Wildman–Crippen LogP) is 4.59. The number of amides is 1. The molecule has 0 saturated heterocycles. The fourth-order valence-corrected chi connectivity index (χ4v) is 4.53. The number of carbonyl (C=O) groups is 1. The summed E-state index contributed by atoms with van der Waals surface area (Å²) in [4.78, 5) is 12.5. The third-order valence-electron chi connectivity index (χ3n) is 4.12.